The maximum atomic E-state index is 13.2. The number of aromatic nitrogens is 3. The van der Waals surface area contributed by atoms with Gasteiger partial charge in [-0.05, 0) is 49.9 Å². The Bertz CT molecular complexity index is 1400. The first-order valence-electron chi connectivity index (χ1n) is 11.9. The maximum Gasteiger partial charge on any atom is 0.255 e. The number of para-hydroxylation sites is 2. The molecule has 0 bridgehead atoms. The van der Waals surface area contributed by atoms with Crippen molar-refractivity contribution in [1.82, 2.24) is 20.1 Å². The summed E-state index contributed by atoms with van der Waals surface area (Å²) in [6, 6.07) is 21.5. The molecule has 5 rings (SSSR count). The molecule has 3 heterocycles. The fourth-order valence-corrected chi connectivity index (χ4v) is 4.54. The van der Waals surface area contributed by atoms with Crippen molar-refractivity contribution in [1.29, 1.82) is 5.26 Å². The summed E-state index contributed by atoms with van der Waals surface area (Å²) in [4.78, 5) is 20.2. The number of hydrogen-bond acceptors (Lipinski definition) is 6. The lowest BCUT2D eigenvalue weighted by Crippen LogP contribution is -2.29. The van der Waals surface area contributed by atoms with Crippen LogP contribution in [0.2, 0.25) is 0 Å². The van der Waals surface area contributed by atoms with Crippen LogP contribution in [0.4, 0.5) is 11.6 Å². The highest BCUT2D eigenvalue weighted by molar-refractivity contribution is 6.02. The minimum absolute atomic E-state index is 0.139. The zero-order valence-corrected chi connectivity index (χ0v) is 19.4. The number of amides is 1. The van der Waals surface area contributed by atoms with Gasteiger partial charge in [0.2, 0.25) is 0 Å². The third kappa shape index (κ3) is 4.53. The fourth-order valence-electron chi connectivity index (χ4n) is 4.54. The minimum atomic E-state index is -0.139. The van der Waals surface area contributed by atoms with Crippen molar-refractivity contribution in [3.63, 3.8) is 0 Å². The van der Waals surface area contributed by atoms with E-state index in [0.717, 1.165) is 48.3 Å². The Kier molecular flexibility index (Phi) is 6.31. The van der Waals surface area contributed by atoms with Crippen LogP contribution in [-0.2, 0) is 6.42 Å². The van der Waals surface area contributed by atoms with Crippen molar-refractivity contribution in [2.45, 2.75) is 25.7 Å². The van der Waals surface area contributed by atoms with Gasteiger partial charge < -0.3 is 16.0 Å². The van der Waals surface area contributed by atoms with Crippen LogP contribution in [0, 0.1) is 11.3 Å². The van der Waals surface area contributed by atoms with Crippen LogP contribution in [-0.4, -0.2) is 40.3 Å². The van der Waals surface area contributed by atoms with Crippen LogP contribution in [0.25, 0.3) is 16.6 Å². The number of nitrogens with zero attached hydrogens (tertiary/aromatic N) is 5. The molecule has 3 N–H and O–H groups in total. The van der Waals surface area contributed by atoms with E-state index >= 15 is 0 Å². The van der Waals surface area contributed by atoms with Crippen LogP contribution < -0.4 is 16.0 Å². The van der Waals surface area contributed by atoms with Crippen LogP contribution in [0.5, 0.6) is 0 Å². The first-order valence-corrected chi connectivity index (χ1v) is 11.9. The van der Waals surface area contributed by atoms with Crippen molar-refractivity contribution in [3.05, 3.63) is 77.5 Å². The Morgan fingerprint density at radius 1 is 1.09 bits per heavy atom. The van der Waals surface area contributed by atoms with E-state index in [1.807, 2.05) is 60.7 Å². The largest absolute Gasteiger partial charge is 0.382 e. The van der Waals surface area contributed by atoms with E-state index in [-0.39, 0.29) is 5.91 Å². The van der Waals surface area contributed by atoms with Crippen molar-refractivity contribution >= 4 is 28.4 Å². The minimum Gasteiger partial charge on any atom is -0.382 e. The molecule has 0 radical (unpaired) electrons. The average molecular weight is 466 g/mol. The lowest BCUT2D eigenvalue weighted by Gasteiger charge is -2.20. The second-order valence-corrected chi connectivity index (χ2v) is 8.67. The molecule has 8 nitrogen and oxygen atoms in total. The van der Waals surface area contributed by atoms with Gasteiger partial charge in [0.15, 0.2) is 0 Å². The Morgan fingerprint density at radius 3 is 2.60 bits per heavy atom. The standard InChI is InChI=1S/C27H27N7O/c28-18-22-24(32-34(25(22)29)20-10-2-1-3-11-20)13-8-14-30-27(35)21-17-19-9-4-5-12-23(19)31-26(21)33-15-6-7-16-33/h1-5,9-12,17H,6-8,13-16,29H2,(H,30,35). The van der Waals surface area contributed by atoms with E-state index in [4.69, 9.17) is 10.7 Å². The van der Waals surface area contributed by atoms with Gasteiger partial charge in [-0.25, -0.2) is 9.67 Å². The molecule has 0 atom stereocenters. The monoisotopic (exact) mass is 465 g/mol. The number of rotatable bonds is 7. The number of pyridine rings is 1. The van der Waals surface area contributed by atoms with Gasteiger partial charge >= 0.3 is 0 Å². The molecule has 0 aliphatic carbocycles. The third-order valence-corrected chi connectivity index (χ3v) is 6.34. The van der Waals surface area contributed by atoms with Crippen molar-refractivity contribution < 1.29 is 4.79 Å². The zero-order chi connectivity index (χ0) is 24.2. The van der Waals surface area contributed by atoms with Crippen LogP contribution in [0.1, 0.15) is 40.9 Å². The van der Waals surface area contributed by atoms with E-state index in [9.17, 15) is 10.1 Å². The first kappa shape index (κ1) is 22.4. The van der Waals surface area contributed by atoms with Gasteiger partial charge in [-0.3, -0.25) is 4.79 Å². The smallest absolute Gasteiger partial charge is 0.255 e. The highest BCUT2D eigenvalue weighted by Crippen LogP contribution is 2.27. The Balaban J connectivity index is 1.29. The summed E-state index contributed by atoms with van der Waals surface area (Å²) in [6.45, 7) is 2.27. The zero-order valence-electron chi connectivity index (χ0n) is 19.4. The van der Waals surface area contributed by atoms with Crippen molar-refractivity contribution in [2.24, 2.45) is 0 Å². The van der Waals surface area contributed by atoms with Crippen LogP contribution in [0.15, 0.2) is 60.7 Å². The highest BCUT2D eigenvalue weighted by atomic mass is 16.1. The Hall–Kier alpha value is -4.38. The molecule has 8 heteroatoms. The molecule has 35 heavy (non-hydrogen) atoms. The SMILES string of the molecule is N#Cc1c(CCCNC(=O)c2cc3ccccc3nc2N2CCCC2)nn(-c2ccccc2)c1N. The summed E-state index contributed by atoms with van der Waals surface area (Å²) in [5.74, 6) is 0.940. The highest BCUT2D eigenvalue weighted by Gasteiger charge is 2.22. The molecular weight excluding hydrogens is 438 g/mol. The summed E-state index contributed by atoms with van der Waals surface area (Å²) in [5.41, 5.74) is 9.50. The molecule has 0 saturated carbocycles. The predicted molar refractivity (Wildman–Crippen MR) is 137 cm³/mol. The third-order valence-electron chi connectivity index (χ3n) is 6.34. The number of nitriles is 1. The molecule has 1 fully saturated rings. The molecular formula is C27H27N7O. The lowest BCUT2D eigenvalue weighted by atomic mass is 10.1. The van der Waals surface area contributed by atoms with Gasteiger partial charge in [0.05, 0.1) is 22.5 Å². The molecule has 4 aromatic rings. The molecule has 1 aliphatic heterocycles. The van der Waals surface area contributed by atoms with Gasteiger partial charge in [0, 0.05) is 25.0 Å². The van der Waals surface area contributed by atoms with Gasteiger partial charge in [0.25, 0.3) is 5.91 Å². The molecule has 1 saturated heterocycles. The van der Waals surface area contributed by atoms with E-state index in [0.29, 0.717) is 42.0 Å². The molecule has 1 amide bonds. The molecule has 0 unspecified atom stereocenters. The summed E-state index contributed by atoms with van der Waals surface area (Å²) in [6.07, 6.45) is 3.37. The van der Waals surface area contributed by atoms with E-state index < -0.39 is 0 Å². The number of hydrogen-bond donors (Lipinski definition) is 2. The number of carbonyl (C=O) groups excluding carboxylic acids is 1. The lowest BCUT2D eigenvalue weighted by molar-refractivity contribution is 0.0953. The normalized spacial score (nSPS) is 13.2. The molecule has 1 aliphatic rings. The second kappa shape index (κ2) is 9.85. The van der Waals surface area contributed by atoms with Gasteiger partial charge in [0.1, 0.15) is 23.3 Å². The molecule has 2 aromatic carbocycles. The van der Waals surface area contributed by atoms with Gasteiger partial charge in [-0.2, -0.15) is 10.4 Å². The summed E-state index contributed by atoms with van der Waals surface area (Å²) < 4.78 is 1.59. The van der Waals surface area contributed by atoms with Crippen molar-refractivity contribution in [2.75, 3.05) is 30.3 Å². The van der Waals surface area contributed by atoms with Gasteiger partial charge in [-0.1, -0.05) is 36.4 Å². The summed E-state index contributed by atoms with van der Waals surface area (Å²) >= 11 is 0. The fraction of sp³-hybridized carbons (Fsp3) is 0.259. The Morgan fingerprint density at radius 2 is 1.83 bits per heavy atom. The number of nitrogens with two attached hydrogens (primary N) is 1. The topological polar surface area (TPSA) is 113 Å². The summed E-state index contributed by atoms with van der Waals surface area (Å²) in [7, 11) is 0. The van der Waals surface area contributed by atoms with E-state index in [1.165, 1.54) is 0 Å². The molecule has 176 valence electrons. The van der Waals surface area contributed by atoms with Crippen molar-refractivity contribution in [3.8, 4) is 11.8 Å². The average Bonchev–Trinajstić information content (AvgIpc) is 3.54. The van der Waals surface area contributed by atoms with Crippen LogP contribution in [0.3, 0.4) is 0 Å². The number of aryl methyl sites for hydroxylation is 1. The number of anilines is 2. The number of nitrogen functional groups attached to an aromatic ring is 1. The number of benzene rings is 2. The second-order valence-electron chi connectivity index (χ2n) is 8.67. The van der Waals surface area contributed by atoms with E-state index in [1.54, 1.807) is 4.68 Å². The predicted octanol–water partition coefficient (Wildman–Crippen LogP) is 3.84. The number of carbonyl (C=O) groups is 1. The maximum absolute atomic E-state index is 13.2. The summed E-state index contributed by atoms with van der Waals surface area (Å²) in [5, 5.41) is 18.2. The van der Waals surface area contributed by atoms with Gasteiger partial charge in [-0.15, -0.1) is 0 Å². The molecule has 0 spiro atoms. The van der Waals surface area contributed by atoms with Crippen LogP contribution >= 0.6 is 0 Å². The quantitative estimate of drug-likeness (QED) is 0.401. The first-order chi connectivity index (χ1) is 17.2. The number of fused-ring (bicyclic) bond motifs is 1. The van der Waals surface area contributed by atoms with E-state index in [2.05, 4.69) is 21.4 Å². The number of nitrogens with one attached hydrogen (secondary N) is 1. The Labute approximate surface area is 204 Å². The molecule has 2 aromatic heterocycles.